The first-order valence-electron chi connectivity index (χ1n) is 9.30. The molecule has 29 heavy (non-hydrogen) atoms. The van der Waals surface area contributed by atoms with Gasteiger partial charge in [-0.05, 0) is 63.7 Å². The number of nitrogen functional groups attached to an aromatic ring is 2. The first-order valence-corrected chi connectivity index (χ1v) is 9.30. The Morgan fingerprint density at radius 3 is 2.66 bits per heavy atom. The van der Waals surface area contributed by atoms with E-state index in [1.54, 1.807) is 0 Å². The average molecular weight is 396 g/mol. The SMILES string of the molecule is Cc1cc2[nH]c(=O)c(N)c(-c3ccc(F)c(N)c3C=N)c2nc1CCCN(C)C. The number of nitrogens with zero attached hydrogens (tertiary/aromatic N) is 2. The summed E-state index contributed by atoms with van der Waals surface area (Å²) in [5.74, 6) is -0.631. The minimum atomic E-state index is -0.631. The van der Waals surface area contributed by atoms with E-state index in [4.69, 9.17) is 21.9 Å². The Kier molecular flexibility index (Phi) is 5.65. The van der Waals surface area contributed by atoms with Crippen LogP contribution in [0.25, 0.3) is 22.2 Å². The number of H-pyrrole nitrogens is 1. The van der Waals surface area contributed by atoms with Gasteiger partial charge in [-0.15, -0.1) is 0 Å². The molecule has 0 saturated heterocycles. The summed E-state index contributed by atoms with van der Waals surface area (Å²) in [5, 5.41) is 7.69. The van der Waals surface area contributed by atoms with Gasteiger partial charge in [0.05, 0.1) is 16.7 Å². The van der Waals surface area contributed by atoms with Crippen LogP contribution in [0.15, 0.2) is 23.0 Å². The summed E-state index contributed by atoms with van der Waals surface area (Å²) in [5.41, 5.74) is 15.1. The highest BCUT2D eigenvalue weighted by molar-refractivity contribution is 6.05. The molecule has 2 aromatic heterocycles. The third kappa shape index (κ3) is 3.84. The molecular weight excluding hydrogens is 371 g/mol. The second kappa shape index (κ2) is 8.00. The predicted molar refractivity (Wildman–Crippen MR) is 116 cm³/mol. The standard InChI is InChI=1S/C21H25FN6O/c1-11-9-16-20(26-15(11)5-4-8-28(2)3)17(19(25)21(29)27-16)12-6-7-14(22)18(24)13(12)10-23/h6-7,9-10,23H,4-5,8,24-25H2,1-3H3,(H,27,29). The minimum Gasteiger partial charge on any atom is -0.396 e. The zero-order valence-corrected chi connectivity index (χ0v) is 16.8. The summed E-state index contributed by atoms with van der Waals surface area (Å²) < 4.78 is 13.9. The van der Waals surface area contributed by atoms with Crippen LogP contribution in [-0.2, 0) is 6.42 Å². The van der Waals surface area contributed by atoms with E-state index < -0.39 is 11.4 Å². The molecule has 7 nitrogen and oxygen atoms in total. The molecule has 0 fully saturated rings. The van der Waals surface area contributed by atoms with E-state index in [9.17, 15) is 9.18 Å². The van der Waals surface area contributed by atoms with Crippen molar-refractivity contribution in [2.45, 2.75) is 19.8 Å². The van der Waals surface area contributed by atoms with E-state index in [1.165, 1.54) is 12.1 Å². The van der Waals surface area contributed by atoms with Crippen LogP contribution in [0, 0.1) is 18.2 Å². The number of hydrogen-bond donors (Lipinski definition) is 4. The molecule has 0 aliphatic carbocycles. The van der Waals surface area contributed by atoms with Crippen molar-refractivity contribution < 1.29 is 4.39 Å². The molecule has 0 atom stereocenters. The maximum absolute atomic E-state index is 13.9. The quantitative estimate of drug-likeness (QED) is 0.377. The van der Waals surface area contributed by atoms with Crippen LogP contribution >= 0.6 is 0 Å². The molecule has 0 aliphatic rings. The Hall–Kier alpha value is -3.26. The number of hydrogen-bond acceptors (Lipinski definition) is 6. The van der Waals surface area contributed by atoms with E-state index in [1.807, 2.05) is 27.1 Å². The fourth-order valence-electron chi connectivity index (χ4n) is 3.44. The molecule has 0 unspecified atom stereocenters. The number of benzene rings is 1. The molecule has 1 aromatic carbocycles. The highest BCUT2D eigenvalue weighted by Gasteiger charge is 2.19. The van der Waals surface area contributed by atoms with Crippen LogP contribution in [-0.4, -0.2) is 41.7 Å². The van der Waals surface area contributed by atoms with Crippen molar-refractivity contribution >= 4 is 28.6 Å². The number of nitrogens with two attached hydrogens (primary N) is 2. The Morgan fingerprint density at radius 1 is 1.28 bits per heavy atom. The van der Waals surface area contributed by atoms with Gasteiger partial charge in [-0.1, -0.05) is 6.07 Å². The second-order valence-electron chi connectivity index (χ2n) is 7.36. The van der Waals surface area contributed by atoms with Crippen LogP contribution in [0.1, 0.15) is 23.2 Å². The number of pyridine rings is 2. The van der Waals surface area contributed by atoms with Crippen molar-refractivity contribution in [1.29, 1.82) is 5.41 Å². The van der Waals surface area contributed by atoms with Gasteiger partial charge in [0.25, 0.3) is 5.56 Å². The smallest absolute Gasteiger partial charge is 0.272 e. The third-order valence-corrected chi connectivity index (χ3v) is 4.98. The van der Waals surface area contributed by atoms with Gasteiger partial charge in [0.15, 0.2) is 0 Å². The Morgan fingerprint density at radius 2 is 2.00 bits per heavy atom. The minimum absolute atomic E-state index is 0.0396. The van der Waals surface area contributed by atoms with Crippen molar-refractivity contribution in [3.05, 3.63) is 51.2 Å². The third-order valence-electron chi connectivity index (χ3n) is 4.98. The van der Waals surface area contributed by atoms with Gasteiger partial charge in [-0.3, -0.25) is 9.78 Å². The molecule has 6 N–H and O–H groups in total. The number of aromatic amines is 1. The highest BCUT2D eigenvalue weighted by atomic mass is 19.1. The van der Waals surface area contributed by atoms with Gasteiger partial charge in [0, 0.05) is 23.0 Å². The van der Waals surface area contributed by atoms with Crippen molar-refractivity contribution in [1.82, 2.24) is 14.9 Å². The van der Waals surface area contributed by atoms with Crippen molar-refractivity contribution in [3.8, 4) is 11.1 Å². The fourth-order valence-corrected chi connectivity index (χ4v) is 3.44. The van der Waals surface area contributed by atoms with Gasteiger partial charge < -0.3 is 26.8 Å². The summed E-state index contributed by atoms with van der Waals surface area (Å²) in [7, 11) is 4.03. The number of halogens is 1. The topological polar surface area (TPSA) is 125 Å². The van der Waals surface area contributed by atoms with E-state index >= 15 is 0 Å². The lowest BCUT2D eigenvalue weighted by molar-refractivity contribution is 0.399. The van der Waals surface area contributed by atoms with Crippen molar-refractivity contribution in [3.63, 3.8) is 0 Å². The van der Waals surface area contributed by atoms with Gasteiger partial charge in [-0.2, -0.15) is 0 Å². The number of aromatic nitrogens is 2. The fraction of sp³-hybridized carbons (Fsp3) is 0.286. The Bertz CT molecular complexity index is 1150. The Balaban J connectivity index is 2.29. The number of rotatable bonds is 6. The number of fused-ring (bicyclic) bond motifs is 1. The number of nitrogens with one attached hydrogen (secondary N) is 2. The maximum atomic E-state index is 13.9. The number of anilines is 2. The predicted octanol–water partition coefficient (Wildman–Crippen LogP) is 2.69. The maximum Gasteiger partial charge on any atom is 0.272 e. The molecule has 0 amide bonds. The van der Waals surface area contributed by atoms with E-state index in [0.717, 1.165) is 36.9 Å². The van der Waals surface area contributed by atoms with Crippen LogP contribution in [0.3, 0.4) is 0 Å². The van der Waals surface area contributed by atoms with E-state index in [0.29, 0.717) is 22.2 Å². The van der Waals surface area contributed by atoms with Crippen LogP contribution in [0.5, 0.6) is 0 Å². The van der Waals surface area contributed by atoms with Gasteiger partial charge in [-0.25, -0.2) is 4.39 Å². The Labute approximate surface area is 168 Å². The van der Waals surface area contributed by atoms with Crippen molar-refractivity contribution in [2.75, 3.05) is 32.1 Å². The molecule has 0 radical (unpaired) electrons. The largest absolute Gasteiger partial charge is 0.396 e. The molecule has 0 aliphatic heterocycles. The molecular formula is C21H25FN6O. The molecule has 0 spiro atoms. The summed E-state index contributed by atoms with van der Waals surface area (Å²) in [6, 6.07) is 4.55. The lowest BCUT2D eigenvalue weighted by Crippen LogP contribution is -2.16. The molecule has 8 heteroatoms. The zero-order chi connectivity index (χ0) is 21.3. The second-order valence-corrected chi connectivity index (χ2v) is 7.36. The highest BCUT2D eigenvalue weighted by Crippen LogP contribution is 2.35. The molecule has 0 bridgehead atoms. The van der Waals surface area contributed by atoms with E-state index in [-0.39, 0.29) is 16.9 Å². The van der Waals surface area contributed by atoms with Gasteiger partial charge in [0.2, 0.25) is 0 Å². The summed E-state index contributed by atoms with van der Waals surface area (Å²) in [6.45, 7) is 2.87. The molecule has 0 saturated carbocycles. The number of aryl methyl sites for hydroxylation is 2. The van der Waals surface area contributed by atoms with Crippen LogP contribution in [0.4, 0.5) is 15.8 Å². The molecule has 3 aromatic rings. The normalized spacial score (nSPS) is 11.3. The zero-order valence-electron chi connectivity index (χ0n) is 16.8. The molecule has 2 heterocycles. The summed E-state index contributed by atoms with van der Waals surface area (Å²) in [6.07, 6.45) is 2.66. The van der Waals surface area contributed by atoms with Crippen LogP contribution < -0.4 is 17.0 Å². The first-order chi connectivity index (χ1) is 13.7. The van der Waals surface area contributed by atoms with Crippen molar-refractivity contribution in [2.24, 2.45) is 0 Å². The molecule has 152 valence electrons. The average Bonchev–Trinajstić information content (AvgIpc) is 2.66. The lowest BCUT2D eigenvalue weighted by Gasteiger charge is -2.16. The summed E-state index contributed by atoms with van der Waals surface area (Å²) in [4.78, 5) is 22.1. The van der Waals surface area contributed by atoms with Gasteiger partial charge >= 0.3 is 0 Å². The monoisotopic (exact) mass is 396 g/mol. The van der Waals surface area contributed by atoms with E-state index in [2.05, 4.69) is 9.88 Å². The van der Waals surface area contributed by atoms with Crippen LogP contribution in [0.2, 0.25) is 0 Å². The van der Waals surface area contributed by atoms with Gasteiger partial charge in [0.1, 0.15) is 11.5 Å². The lowest BCUT2D eigenvalue weighted by atomic mass is 9.95. The first kappa shape index (κ1) is 20.5. The molecule has 3 rings (SSSR count). The summed E-state index contributed by atoms with van der Waals surface area (Å²) >= 11 is 0.